The lowest BCUT2D eigenvalue weighted by Gasteiger charge is -2.33. The van der Waals surface area contributed by atoms with E-state index in [0.29, 0.717) is 12.8 Å². The minimum absolute atomic E-state index is 0.102. The van der Waals surface area contributed by atoms with Gasteiger partial charge in [-0.05, 0) is 26.3 Å². The summed E-state index contributed by atoms with van der Waals surface area (Å²) in [5.74, 6) is 0.319. The Morgan fingerprint density at radius 1 is 1.26 bits per heavy atom. The third-order valence-electron chi connectivity index (χ3n) is 3.57. The summed E-state index contributed by atoms with van der Waals surface area (Å²) in [7, 11) is 0. The molecule has 19 heavy (non-hydrogen) atoms. The lowest BCUT2D eigenvalue weighted by Crippen LogP contribution is -2.47. The van der Waals surface area contributed by atoms with E-state index in [0.717, 1.165) is 32.5 Å². The van der Waals surface area contributed by atoms with Gasteiger partial charge in [0.05, 0.1) is 0 Å². The van der Waals surface area contributed by atoms with Crippen LogP contribution in [0.2, 0.25) is 0 Å². The Balaban J connectivity index is 2.29. The molecule has 2 N–H and O–H groups in total. The van der Waals surface area contributed by atoms with Crippen molar-refractivity contribution in [3.05, 3.63) is 0 Å². The first-order chi connectivity index (χ1) is 9.06. The summed E-state index contributed by atoms with van der Waals surface area (Å²) >= 11 is 0. The van der Waals surface area contributed by atoms with Crippen LogP contribution in [0.25, 0.3) is 0 Å². The van der Waals surface area contributed by atoms with Gasteiger partial charge in [-0.2, -0.15) is 0 Å². The molecule has 0 radical (unpaired) electrons. The van der Waals surface area contributed by atoms with Gasteiger partial charge in [-0.25, -0.2) is 0 Å². The first-order valence-corrected chi connectivity index (χ1v) is 7.37. The SMILES string of the molecule is CCNC(C)CC(=O)N1CCC(NC(=O)CC)CC1. The molecule has 2 amide bonds. The van der Waals surface area contributed by atoms with Crippen molar-refractivity contribution in [1.29, 1.82) is 0 Å². The topological polar surface area (TPSA) is 61.4 Å². The van der Waals surface area contributed by atoms with Crippen molar-refractivity contribution >= 4 is 11.8 Å². The van der Waals surface area contributed by atoms with Gasteiger partial charge in [0.25, 0.3) is 0 Å². The van der Waals surface area contributed by atoms with Gasteiger partial charge in [-0.1, -0.05) is 13.8 Å². The van der Waals surface area contributed by atoms with Crippen LogP contribution in [-0.2, 0) is 9.59 Å². The Hall–Kier alpha value is -1.10. The van der Waals surface area contributed by atoms with Gasteiger partial charge < -0.3 is 15.5 Å². The van der Waals surface area contributed by atoms with E-state index in [9.17, 15) is 9.59 Å². The fourth-order valence-electron chi connectivity index (χ4n) is 2.41. The molecule has 1 aliphatic rings. The Morgan fingerprint density at radius 3 is 2.42 bits per heavy atom. The number of nitrogens with one attached hydrogen (secondary N) is 2. The quantitative estimate of drug-likeness (QED) is 0.753. The van der Waals surface area contributed by atoms with Gasteiger partial charge in [0, 0.05) is 38.0 Å². The lowest BCUT2D eigenvalue weighted by atomic mass is 10.0. The Morgan fingerprint density at radius 2 is 1.89 bits per heavy atom. The first kappa shape index (κ1) is 16.0. The highest BCUT2D eigenvalue weighted by atomic mass is 16.2. The molecule has 5 heteroatoms. The Kier molecular flexibility index (Phi) is 6.84. The molecule has 0 aromatic heterocycles. The minimum atomic E-state index is 0.102. The summed E-state index contributed by atoms with van der Waals surface area (Å²) in [4.78, 5) is 25.3. The summed E-state index contributed by atoms with van der Waals surface area (Å²) < 4.78 is 0. The molecule has 1 heterocycles. The van der Waals surface area contributed by atoms with E-state index in [4.69, 9.17) is 0 Å². The van der Waals surface area contributed by atoms with E-state index in [1.807, 2.05) is 25.7 Å². The molecular formula is C14H27N3O2. The van der Waals surface area contributed by atoms with Gasteiger partial charge in [-0.3, -0.25) is 9.59 Å². The highest BCUT2D eigenvalue weighted by molar-refractivity contribution is 5.77. The third kappa shape index (κ3) is 5.59. The van der Waals surface area contributed by atoms with Crippen molar-refractivity contribution in [3.63, 3.8) is 0 Å². The molecule has 0 aromatic rings. The van der Waals surface area contributed by atoms with Gasteiger partial charge in [0.2, 0.25) is 11.8 Å². The molecule has 5 nitrogen and oxygen atoms in total. The molecule has 110 valence electrons. The molecule has 0 aromatic carbocycles. The fraction of sp³-hybridized carbons (Fsp3) is 0.857. The molecule has 0 bridgehead atoms. The van der Waals surface area contributed by atoms with Crippen molar-refractivity contribution in [2.75, 3.05) is 19.6 Å². The van der Waals surface area contributed by atoms with E-state index in [1.54, 1.807) is 0 Å². The van der Waals surface area contributed by atoms with Crippen LogP contribution in [0.5, 0.6) is 0 Å². The maximum absolute atomic E-state index is 12.1. The van der Waals surface area contributed by atoms with E-state index >= 15 is 0 Å². The smallest absolute Gasteiger partial charge is 0.224 e. The molecular weight excluding hydrogens is 242 g/mol. The maximum atomic E-state index is 12.1. The first-order valence-electron chi connectivity index (χ1n) is 7.37. The number of likely N-dealkylation sites (tertiary alicyclic amines) is 1. The van der Waals surface area contributed by atoms with Crippen molar-refractivity contribution in [2.45, 2.75) is 58.5 Å². The van der Waals surface area contributed by atoms with Crippen LogP contribution < -0.4 is 10.6 Å². The van der Waals surface area contributed by atoms with E-state index < -0.39 is 0 Å². The number of hydrogen-bond acceptors (Lipinski definition) is 3. The average molecular weight is 269 g/mol. The second kappa shape index (κ2) is 8.15. The van der Waals surface area contributed by atoms with Crippen molar-refractivity contribution in [3.8, 4) is 0 Å². The van der Waals surface area contributed by atoms with Gasteiger partial charge in [0.15, 0.2) is 0 Å². The van der Waals surface area contributed by atoms with Crippen LogP contribution in [0.1, 0.15) is 46.5 Å². The molecule has 0 saturated carbocycles. The number of rotatable bonds is 6. The molecule has 1 aliphatic heterocycles. The summed E-state index contributed by atoms with van der Waals surface area (Å²) in [5.41, 5.74) is 0. The van der Waals surface area contributed by atoms with Gasteiger partial charge in [0.1, 0.15) is 0 Å². The zero-order chi connectivity index (χ0) is 14.3. The average Bonchev–Trinajstić information content (AvgIpc) is 2.39. The molecule has 1 fully saturated rings. The van der Waals surface area contributed by atoms with Crippen LogP contribution in [0.15, 0.2) is 0 Å². The number of hydrogen-bond donors (Lipinski definition) is 2. The molecule has 1 unspecified atom stereocenters. The molecule has 1 rings (SSSR count). The number of nitrogens with zero attached hydrogens (tertiary/aromatic N) is 1. The third-order valence-corrected chi connectivity index (χ3v) is 3.57. The molecule has 0 spiro atoms. The van der Waals surface area contributed by atoms with Crippen molar-refractivity contribution in [1.82, 2.24) is 15.5 Å². The fourth-order valence-corrected chi connectivity index (χ4v) is 2.41. The lowest BCUT2D eigenvalue weighted by molar-refractivity contribution is -0.132. The summed E-state index contributed by atoms with van der Waals surface area (Å²) in [6.07, 6.45) is 2.82. The van der Waals surface area contributed by atoms with Crippen molar-refractivity contribution in [2.24, 2.45) is 0 Å². The largest absolute Gasteiger partial charge is 0.353 e. The van der Waals surface area contributed by atoms with Crippen LogP contribution >= 0.6 is 0 Å². The van der Waals surface area contributed by atoms with Gasteiger partial charge in [-0.15, -0.1) is 0 Å². The van der Waals surface area contributed by atoms with E-state index in [2.05, 4.69) is 10.6 Å². The number of carbonyl (C=O) groups excluding carboxylic acids is 2. The Labute approximate surface area is 116 Å². The highest BCUT2D eigenvalue weighted by Gasteiger charge is 2.24. The maximum Gasteiger partial charge on any atom is 0.224 e. The van der Waals surface area contributed by atoms with Crippen molar-refractivity contribution < 1.29 is 9.59 Å². The molecule has 1 saturated heterocycles. The highest BCUT2D eigenvalue weighted by Crippen LogP contribution is 2.12. The monoisotopic (exact) mass is 269 g/mol. The zero-order valence-corrected chi connectivity index (χ0v) is 12.4. The zero-order valence-electron chi connectivity index (χ0n) is 12.4. The predicted octanol–water partition coefficient (Wildman–Crippen LogP) is 0.892. The van der Waals surface area contributed by atoms with E-state index in [-0.39, 0.29) is 23.9 Å². The number of piperidine rings is 1. The summed E-state index contributed by atoms with van der Waals surface area (Å²) in [6, 6.07) is 0.470. The van der Waals surface area contributed by atoms with E-state index in [1.165, 1.54) is 0 Å². The normalized spacial score (nSPS) is 18.2. The standard InChI is InChI=1S/C14H27N3O2/c1-4-13(18)16-12-6-8-17(9-7-12)14(19)10-11(3)15-5-2/h11-12,15H,4-10H2,1-3H3,(H,16,18). The Bertz CT molecular complexity index is 299. The molecule has 0 aliphatic carbocycles. The predicted molar refractivity (Wildman–Crippen MR) is 75.8 cm³/mol. The van der Waals surface area contributed by atoms with Crippen LogP contribution in [-0.4, -0.2) is 48.4 Å². The van der Waals surface area contributed by atoms with Gasteiger partial charge >= 0.3 is 0 Å². The summed E-state index contributed by atoms with van der Waals surface area (Å²) in [6.45, 7) is 8.34. The second-order valence-corrected chi connectivity index (χ2v) is 5.24. The number of amides is 2. The molecule has 1 atom stereocenters. The van der Waals surface area contributed by atoms with Crippen LogP contribution in [0, 0.1) is 0 Å². The second-order valence-electron chi connectivity index (χ2n) is 5.24. The summed E-state index contributed by atoms with van der Waals surface area (Å²) in [5, 5.41) is 6.25. The van der Waals surface area contributed by atoms with Crippen LogP contribution in [0.3, 0.4) is 0 Å². The van der Waals surface area contributed by atoms with Crippen LogP contribution in [0.4, 0.5) is 0 Å². The number of carbonyl (C=O) groups is 2. The minimum Gasteiger partial charge on any atom is -0.353 e.